The van der Waals surface area contributed by atoms with Crippen molar-refractivity contribution in [1.82, 2.24) is 4.90 Å². The first kappa shape index (κ1) is 15.3. The zero-order valence-electron chi connectivity index (χ0n) is 12.5. The van der Waals surface area contributed by atoms with E-state index in [0.29, 0.717) is 13.1 Å². The third kappa shape index (κ3) is 3.52. The smallest absolute Gasteiger partial charge is 0.410 e. The van der Waals surface area contributed by atoms with Crippen LogP contribution in [0.3, 0.4) is 0 Å². The van der Waals surface area contributed by atoms with Crippen molar-refractivity contribution in [3.05, 3.63) is 21.9 Å². The van der Waals surface area contributed by atoms with E-state index in [9.17, 15) is 9.90 Å². The van der Waals surface area contributed by atoms with Crippen LogP contribution < -0.4 is 0 Å². The Balaban J connectivity index is 2.03. The molecule has 2 unspecified atom stereocenters. The molecule has 1 aliphatic rings. The van der Waals surface area contributed by atoms with Crippen LogP contribution in [0.1, 0.15) is 43.4 Å². The Labute approximate surface area is 124 Å². The summed E-state index contributed by atoms with van der Waals surface area (Å²) in [5.74, 6) is 0.00724. The Kier molecular flexibility index (Phi) is 4.39. The monoisotopic (exact) mass is 297 g/mol. The molecule has 2 heterocycles. The Bertz CT molecular complexity index is 478. The number of aryl methyl sites for hydroxylation is 1. The van der Waals surface area contributed by atoms with Gasteiger partial charge in [0.05, 0.1) is 12.6 Å². The molecule has 0 saturated carbocycles. The Morgan fingerprint density at radius 2 is 2.15 bits per heavy atom. The standard InChI is InChI=1S/C15H23NO3S/c1-5-10-6-7-13(20-10)11-8-16(9-12(11)17)14(18)19-15(2,3)4/h6-7,11-12,17H,5,8-9H2,1-4H3. The minimum atomic E-state index is -0.508. The van der Waals surface area contributed by atoms with Crippen molar-refractivity contribution in [1.29, 1.82) is 0 Å². The maximum atomic E-state index is 12.0. The van der Waals surface area contributed by atoms with Crippen LogP contribution in [-0.2, 0) is 11.2 Å². The summed E-state index contributed by atoms with van der Waals surface area (Å²) in [7, 11) is 0. The van der Waals surface area contributed by atoms with Crippen LogP contribution in [-0.4, -0.2) is 40.9 Å². The van der Waals surface area contributed by atoms with E-state index < -0.39 is 11.7 Å². The third-order valence-electron chi connectivity index (χ3n) is 3.34. The maximum absolute atomic E-state index is 12.0. The van der Waals surface area contributed by atoms with Gasteiger partial charge in [0, 0.05) is 22.2 Å². The highest BCUT2D eigenvalue weighted by molar-refractivity contribution is 7.12. The van der Waals surface area contributed by atoms with Gasteiger partial charge in [-0.2, -0.15) is 0 Å². The highest BCUT2D eigenvalue weighted by Crippen LogP contribution is 2.33. The fourth-order valence-electron chi connectivity index (χ4n) is 2.33. The molecule has 0 bridgehead atoms. The van der Waals surface area contributed by atoms with Gasteiger partial charge in [0.15, 0.2) is 0 Å². The highest BCUT2D eigenvalue weighted by Gasteiger charge is 2.37. The molecule has 1 amide bonds. The molecule has 1 saturated heterocycles. The van der Waals surface area contributed by atoms with Crippen molar-refractivity contribution >= 4 is 17.4 Å². The number of aliphatic hydroxyl groups is 1. The lowest BCUT2D eigenvalue weighted by atomic mass is 10.0. The molecular weight excluding hydrogens is 274 g/mol. The third-order valence-corrected chi connectivity index (χ3v) is 4.70. The van der Waals surface area contributed by atoms with E-state index in [1.54, 1.807) is 16.2 Å². The van der Waals surface area contributed by atoms with Gasteiger partial charge in [0.1, 0.15) is 5.60 Å². The van der Waals surface area contributed by atoms with Gasteiger partial charge in [-0.1, -0.05) is 6.92 Å². The summed E-state index contributed by atoms with van der Waals surface area (Å²) in [6, 6.07) is 4.17. The molecule has 20 heavy (non-hydrogen) atoms. The lowest BCUT2D eigenvalue weighted by Gasteiger charge is -2.24. The molecule has 2 rings (SSSR count). The van der Waals surface area contributed by atoms with E-state index in [2.05, 4.69) is 19.1 Å². The number of carbonyl (C=O) groups excluding carboxylic acids is 1. The Hall–Kier alpha value is -1.07. The van der Waals surface area contributed by atoms with Crippen LogP contribution in [0.15, 0.2) is 12.1 Å². The second-order valence-electron chi connectivity index (χ2n) is 6.22. The largest absolute Gasteiger partial charge is 0.444 e. The van der Waals surface area contributed by atoms with Crippen LogP contribution in [0, 0.1) is 0 Å². The van der Waals surface area contributed by atoms with E-state index in [-0.39, 0.29) is 12.0 Å². The summed E-state index contributed by atoms with van der Waals surface area (Å²) < 4.78 is 5.36. The zero-order chi connectivity index (χ0) is 14.9. The van der Waals surface area contributed by atoms with Crippen molar-refractivity contribution in [2.45, 2.75) is 51.7 Å². The number of hydrogen-bond donors (Lipinski definition) is 1. The Morgan fingerprint density at radius 3 is 2.70 bits per heavy atom. The summed E-state index contributed by atoms with van der Waals surface area (Å²) in [5.41, 5.74) is -0.502. The number of carbonyl (C=O) groups is 1. The number of β-amino-alcohol motifs (C(OH)–C–C–N with tert-alkyl or cyclic N) is 1. The molecule has 1 aromatic rings. The molecule has 2 atom stereocenters. The Morgan fingerprint density at radius 1 is 1.45 bits per heavy atom. The first-order chi connectivity index (χ1) is 9.30. The van der Waals surface area contributed by atoms with Crippen molar-refractivity contribution in [2.75, 3.05) is 13.1 Å². The summed E-state index contributed by atoms with van der Waals surface area (Å²) in [6.45, 7) is 8.54. The van der Waals surface area contributed by atoms with E-state index in [1.165, 1.54) is 4.88 Å². The summed E-state index contributed by atoms with van der Waals surface area (Å²) in [6.07, 6.45) is 0.153. The zero-order valence-corrected chi connectivity index (χ0v) is 13.4. The fraction of sp³-hybridized carbons (Fsp3) is 0.667. The van der Waals surface area contributed by atoms with Crippen LogP contribution in [0.2, 0.25) is 0 Å². The lowest BCUT2D eigenvalue weighted by molar-refractivity contribution is 0.0270. The van der Waals surface area contributed by atoms with Crippen molar-refractivity contribution in [2.24, 2.45) is 0 Å². The number of thiophene rings is 1. The van der Waals surface area contributed by atoms with Crippen LogP contribution in [0.5, 0.6) is 0 Å². The average molecular weight is 297 g/mol. The molecule has 5 heteroatoms. The van der Waals surface area contributed by atoms with Gasteiger partial charge in [-0.3, -0.25) is 0 Å². The van der Waals surface area contributed by atoms with E-state index >= 15 is 0 Å². The van der Waals surface area contributed by atoms with Crippen LogP contribution >= 0.6 is 11.3 Å². The number of rotatable bonds is 2. The minimum Gasteiger partial charge on any atom is -0.444 e. The summed E-state index contributed by atoms with van der Waals surface area (Å²) in [5, 5.41) is 10.2. The molecule has 0 radical (unpaired) electrons. The van der Waals surface area contributed by atoms with Crippen LogP contribution in [0.4, 0.5) is 4.79 Å². The van der Waals surface area contributed by atoms with Gasteiger partial charge in [0.2, 0.25) is 0 Å². The molecule has 0 aliphatic carbocycles. The predicted octanol–water partition coefficient (Wildman–Crippen LogP) is 3.01. The predicted molar refractivity (Wildman–Crippen MR) is 80.3 cm³/mol. The fourth-order valence-corrected chi connectivity index (χ4v) is 3.43. The maximum Gasteiger partial charge on any atom is 0.410 e. The minimum absolute atomic E-state index is 0.00724. The quantitative estimate of drug-likeness (QED) is 0.913. The van der Waals surface area contributed by atoms with Gasteiger partial charge in [-0.25, -0.2) is 4.79 Å². The highest BCUT2D eigenvalue weighted by atomic mass is 32.1. The summed E-state index contributed by atoms with van der Waals surface area (Å²) in [4.78, 5) is 16.1. The lowest BCUT2D eigenvalue weighted by Crippen LogP contribution is -2.35. The number of likely N-dealkylation sites (tertiary alicyclic amines) is 1. The second-order valence-corrected chi connectivity index (χ2v) is 7.42. The molecule has 4 nitrogen and oxygen atoms in total. The van der Waals surface area contributed by atoms with E-state index in [4.69, 9.17) is 4.74 Å². The first-order valence-electron chi connectivity index (χ1n) is 7.04. The topological polar surface area (TPSA) is 49.8 Å². The van der Waals surface area contributed by atoms with Gasteiger partial charge in [-0.15, -0.1) is 11.3 Å². The van der Waals surface area contributed by atoms with Gasteiger partial charge >= 0.3 is 6.09 Å². The first-order valence-corrected chi connectivity index (χ1v) is 7.86. The SMILES string of the molecule is CCc1ccc(C2CN(C(=O)OC(C)(C)C)CC2O)s1. The summed E-state index contributed by atoms with van der Waals surface area (Å²) >= 11 is 1.72. The normalized spacial score (nSPS) is 23.1. The molecular formula is C15H23NO3S. The van der Waals surface area contributed by atoms with Gasteiger partial charge in [-0.05, 0) is 39.3 Å². The molecule has 1 fully saturated rings. The molecule has 1 aliphatic heterocycles. The van der Waals surface area contributed by atoms with Crippen LogP contribution in [0.25, 0.3) is 0 Å². The molecule has 112 valence electrons. The molecule has 0 aromatic carbocycles. The number of nitrogens with zero attached hydrogens (tertiary/aromatic N) is 1. The molecule has 0 spiro atoms. The molecule has 1 aromatic heterocycles. The number of amides is 1. The van der Waals surface area contributed by atoms with Gasteiger partial charge < -0.3 is 14.7 Å². The van der Waals surface area contributed by atoms with Gasteiger partial charge in [0.25, 0.3) is 0 Å². The van der Waals surface area contributed by atoms with Crippen molar-refractivity contribution in [3.63, 3.8) is 0 Å². The second kappa shape index (κ2) is 5.74. The van der Waals surface area contributed by atoms with E-state index in [0.717, 1.165) is 11.3 Å². The van der Waals surface area contributed by atoms with Crippen molar-refractivity contribution < 1.29 is 14.6 Å². The number of aliphatic hydroxyl groups excluding tert-OH is 1. The molecule has 1 N–H and O–H groups in total. The number of ether oxygens (including phenoxy) is 1. The van der Waals surface area contributed by atoms with Crippen molar-refractivity contribution in [3.8, 4) is 0 Å². The average Bonchev–Trinajstić information content (AvgIpc) is 2.92. The van der Waals surface area contributed by atoms with E-state index in [1.807, 2.05) is 20.8 Å². The number of hydrogen-bond acceptors (Lipinski definition) is 4.